The average molecular weight is 339 g/mol. The number of hydrogen-bond donors (Lipinski definition) is 1. The van der Waals surface area contributed by atoms with Crippen LogP contribution in [0.4, 0.5) is 19.0 Å². The fourth-order valence-corrected chi connectivity index (χ4v) is 2.91. The van der Waals surface area contributed by atoms with Gasteiger partial charge in [0.15, 0.2) is 0 Å². The highest BCUT2D eigenvalue weighted by Crippen LogP contribution is 2.27. The Morgan fingerprint density at radius 1 is 1.13 bits per heavy atom. The quantitative estimate of drug-likeness (QED) is 0.755. The van der Waals surface area contributed by atoms with Crippen LogP contribution in [0.2, 0.25) is 0 Å². The number of halogens is 3. The third kappa shape index (κ3) is 3.89. The summed E-state index contributed by atoms with van der Waals surface area (Å²) >= 11 is 1.50. The minimum absolute atomic E-state index is 0.176. The number of benzene rings is 1. The molecule has 3 rings (SSSR count). The Balaban J connectivity index is 1.68. The van der Waals surface area contributed by atoms with Gasteiger partial charge in [-0.3, -0.25) is 0 Å². The minimum atomic E-state index is -4.70. The highest BCUT2D eigenvalue weighted by molar-refractivity contribution is 7.16. The van der Waals surface area contributed by atoms with Crippen LogP contribution in [0, 0.1) is 0 Å². The first-order chi connectivity index (χ1) is 11.0. The van der Waals surface area contributed by atoms with E-state index in [2.05, 4.69) is 20.0 Å². The van der Waals surface area contributed by atoms with E-state index in [0.29, 0.717) is 24.3 Å². The Bertz CT molecular complexity index is 804. The summed E-state index contributed by atoms with van der Waals surface area (Å²) in [6.45, 7) is 0.431. The van der Waals surface area contributed by atoms with Crippen molar-refractivity contribution in [3.63, 3.8) is 0 Å². The summed E-state index contributed by atoms with van der Waals surface area (Å²) in [6.07, 6.45) is -2.86. The van der Waals surface area contributed by atoms with Crippen molar-refractivity contribution >= 4 is 27.4 Å². The second kappa shape index (κ2) is 6.41. The number of aromatic nitrogens is 2. The molecule has 0 aliphatic carbocycles. The lowest BCUT2D eigenvalue weighted by Gasteiger charge is -2.13. The number of para-hydroxylation sites is 1. The minimum Gasteiger partial charge on any atom is -0.406 e. The lowest BCUT2D eigenvalue weighted by atomic mass is 10.1. The molecule has 1 aromatic carbocycles. The second-order valence-corrected chi connectivity index (χ2v) is 5.59. The highest BCUT2D eigenvalue weighted by Gasteiger charge is 2.31. The third-order valence-electron chi connectivity index (χ3n) is 3.15. The number of alkyl halides is 3. The van der Waals surface area contributed by atoms with E-state index in [4.69, 9.17) is 0 Å². The van der Waals surface area contributed by atoms with Crippen molar-refractivity contribution in [2.75, 3.05) is 11.9 Å². The van der Waals surface area contributed by atoms with Gasteiger partial charge in [0.2, 0.25) is 0 Å². The molecule has 0 spiro atoms. The molecule has 2 aromatic heterocycles. The molecule has 2 heterocycles. The maximum atomic E-state index is 12.4. The molecule has 0 aliphatic heterocycles. The van der Waals surface area contributed by atoms with Crippen LogP contribution >= 0.6 is 11.3 Å². The smallest absolute Gasteiger partial charge is 0.406 e. The SMILES string of the molecule is FC(F)(F)Oc1ccccc1CCNc1ncnc2sccc12. The second-order valence-electron chi connectivity index (χ2n) is 4.69. The Hall–Kier alpha value is -2.35. The molecule has 1 N–H and O–H groups in total. The molecule has 0 fully saturated rings. The Kier molecular flexibility index (Phi) is 4.33. The summed E-state index contributed by atoms with van der Waals surface area (Å²) in [6, 6.07) is 8.02. The van der Waals surface area contributed by atoms with Gasteiger partial charge in [0.1, 0.15) is 22.7 Å². The van der Waals surface area contributed by atoms with Gasteiger partial charge in [-0.05, 0) is 29.5 Å². The molecule has 8 heteroatoms. The van der Waals surface area contributed by atoms with E-state index in [1.165, 1.54) is 29.8 Å². The van der Waals surface area contributed by atoms with E-state index in [1.807, 2.05) is 11.4 Å². The topological polar surface area (TPSA) is 47.0 Å². The summed E-state index contributed by atoms with van der Waals surface area (Å²) in [7, 11) is 0. The number of hydrogen-bond acceptors (Lipinski definition) is 5. The monoisotopic (exact) mass is 339 g/mol. The molecule has 0 saturated heterocycles. The van der Waals surface area contributed by atoms with Crippen molar-refractivity contribution in [2.45, 2.75) is 12.8 Å². The molecule has 0 saturated carbocycles. The van der Waals surface area contributed by atoms with E-state index in [1.54, 1.807) is 12.1 Å². The lowest BCUT2D eigenvalue weighted by Crippen LogP contribution is -2.18. The summed E-state index contributed by atoms with van der Waals surface area (Å²) < 4.78 is 41.2. The van der Waals surface area contributed by atoms with E-state index in [9.17, 15) is 13.2 Å². The standard InChI is InChI=1S/C15H12F3N3OS/c16-15(17,18)22-12-4-2-1-3-10(12)5-7-19-13-11-6-8-23-14(11)21-9-20-13/h1-4,6,8-9H,5,7H2,(H,19,20,21). The number of rotatable bonds is 5. The van der Waals surface area contributed by atoms with Crippen molar-refractivity contribution in [3.8, 4) is 5.75 Å². The van der Waals surface area contributed by atoms with Gasteiger partial charge in [-0.25, -0.2) is 9.97 Å². The molecular weight excluding hydrogens is 327 g/mol. The van der Waals surface area contributed by atoms with Gasteiger partial charge in [0.05, 0.1) is 5.39 Å². The van der Waals surface area contributed by atoms with Crippen LogP contribution in [-0.4, -0.2) is 22.9 Å². The lowest BCUT2D eigenvalue weighted by molar-refractivity contribution is -0.274. The maximum Gasteiger partial charge on any atom is 0.573 e. The van der Waals surface area contributed by atoms with E-state index in [0.717, 1.165) is 10.2 Å². The normalized spacial score (nSPS) is 11.6. The molecule has 120 valence electrons. The number of anilines is 1. The first-order valence-corrected chi connectivity index (χ1v) is 7.66. The predicted molar refractivity (Wildman–Crippen MR) is 82.7 cm³/mol. The molecule has 4 nitrogen and oxygen atoms in total. The van der Waals surface area contributed by atoms with Gasteiger partial charge in [0, 0.05) is 6.54 Å². The Morgan fingerprint density at radius 3 is 2.78 bits per heavy atom. The Labute approximate surface area is 134 Å². The van der Waals surface area contributed by atoms with Crippen molar-refractivity contribution in [1.82, 2.24) is 9.97 Å². The third-order valence-corrected chi connectivity index (χ3v) is 3.97. The number of ether oxygens (including phenoxy) is 1. The number of nitrogens with one attached hydrogen (secondary N) is 1. The summed E-state index contributed by atoms with van der Waals surface area (Å²) in [5.74, 6) is 0.496. The molecule has 0 radical (unpaired) electrons. The average Bonchev–Trinajstić information content (AvgIpc) is 2.97. The van der Waals surface area contributed by atoms with Crippen LogP contribution in [-0.2, 0) is 6.42 Å². The van der Waals surface area contributed by atoms with E-state index < -0.39 is 6.36 Å². The van der Waals surface area contributed by atoms with E-state index in [-0.39, 0.29) is 5.75 Å². The largest absolute Gasteiger partial charge is 0.573 e. The first kappa shape index (κ1) is 15.5. The van der Waals surface area contributed by atoms with Gasteiger partial charge in [-0.1, -0.05) is 18.2 Å². The van der Waals surface area contributed by atoms with Crippen LogP contribution in [0.1, 0.15) is 5.56 Å². The highest BCUT2D eigenvalue weighted by atomic mass is 32.1. The van der Waals surface area contributed by atoms with Gasteiger partial charge in [-0.2, -0.15) is 0 Å². The number of fused-ring (bicyclic) bond motifs is 1. The van der Waals surface area contributed by atoms with Gasteiger partial charge in [-0.15, -0.1) is 24.5 Å². The van der Waals surface area contributed by atoms with Gasteiger partial charge in [0.25, 0.3) is 0 Å². The fourth-order valence-electron chi connectivity index (χ4n) is 2.18. The van der Waals surface area contributed by atoms with E-state index >= 15 is 0 Å². The fraction of sp³-hybridized carbons (Fsp3) is 0.200. The molecule has 23 heavy (non-hydrogen) atoms. The summed E-state index contributed by atoms with van der Waals surface area (Å²) in [4.78, 5) is 9.17. The van der Waals surface area contributed by atoms with Crippen LogP contribution in [0.3, 0.4) is 0 Å². The van der Waals surface area contributed by atoms with Gasteiger partial charge < -0.3 is 10.1 Å². The van der Waals surface area contributed by atoms with Crippen LogP contribution < -0.4 is 10.1 Å². The van der Waals surface area contributed by atoms with Crippen LogP contribution in [0.15, 0.2) is 42.0 Å². The number of nitrogens with zero attached hydrogens (tertiary/aromatic N) is 2. The maximum absolute atomic E-state index is 12.4. The zero-order chi connectivity index (χ0) is 16.3. The molecule has 0 bridgehead atoms. The molecule has 0 amide bonds. The molecule has 3 aromatic rings. The molecule has 0 aliphatic rings. The zero-order valence-corrected chi connectivity index (χ0v) is 12.6. The first-order valence-electron chi connectivity index (χ1n) is 6.79. The van der Waals surface area contributed by atoms with Crippen molar-refractivity contribution in [2.24, 2.45) is 0 Å². The molecule has 0 unspecified atom stereocenters. The Morgan fingerprint density at radius 2 is 1.96 bits per heavy atom. The number of thiophene rings is 1. The van der Waals surface area contributed by atoms with Crippen LogP contribution in [0.25, 0.3) is 10.2 Å². The van der Waals surface area contributed by atoms with Gasteiger partial charge >= 0.3 is 6.36 Å². The zero-order valence-electron chi connectivity index (χ0n) is 11.8. The van der Waals surface area contributed by atoms with Crippen molar-refractivity contribution in [3.05, 3.63) is 47.6 Å². The molecule has 0 atom stereocenters. The van der Waals surface area contributed by atoms with Crippen LogP contribution in [0.5, 0.6) is 5.75 Å². The van der Waals surface area contributed by atoms with Crippen molar-refractivity contribution in [1.29, 1.82) is 0 Å². The summed E-state index contributed by atoms with van der Waals surface area (Å²) in [5, 5.41) is 5.95. The molecular formula is C15H12F3N3OS. The predicted octanol–water partition coefficient (Wildman–Crippen LogP) is 4.24. The van der Waals surface area contributed by atoms with Crippen molar-refractivity contribution < 1.29 is 17.9 Å². The summed E-state index contributed by atoms with van der Waals surface area (Å²) in [5.41, 5.74) is 0.480.